The number of methoxy groups -OCH3 is 2. The van der Waals surface area contributed by atoms with E-state index in [9.17, 15) is 13.2 Å². The molecule has 0 saturated carbocycles. The van der Waals surface area contributed by atoms with Crippen LogP contribution in [-0.4, -0.2) is 41.2 Å². The Morgan fingerprint density at radius 2 is 2.00 bits per heavy atom. The monoisotopic (exact) mass is 355 g/mol. The maximum absolute atomic E-state index is 12.1. The van der Waals surface area contributed by atoms with Crippen LogP contribution in [0.3, 0.4) is 0 Å². The predicted octanol–water partition coefficient (Wildman–Crippen LogP) is 2.04. The quantitative estimate of drug-likeness (QED) is 0.789. The molecule has 1 unspecified atom stereocenters. The van der Waals surface area contributed by atoms with E-state index in [1.54, 1.807) is 6.92 Å². The molecule has 0 aromatic heterocycles. The highest BCUT2D eigenvalue weighted by molar-refractivity contribution is 8.13. The number of carbonyl (C=O) groups is 1. The lowest BCUT2D eigenvalue weighted by atomic mass is 10.2. The Balaban J connectivity index is 3.23. The number of amides is 1. The fourth-order valence-electron chi connectivity index (χ4n) is 1.54. The smallest absolute Gasteiger partial charge is 0.265 e. The number of carbonyl (C=O) groups excluding carboxylic acids is 1. The summed E-state index contributed by atoms with van der Waals surface area (Å²) in [7, 11) is 3.97. The Hall–Kier alpha value is -1.02. The van der Waals surface area contributed by atoms with Crippen molar-refractivity contribution in [1.29, 1.82) is 0 Å². The molecule has 1 atom stereocenters. The molecule has 1 amide bonds. The Kier molecular flexibility index (Phi) is 6.27. The lowest BCUT2D eigenvalue weighted by Gasteiger charge is -2.14. The molecule has 0 aliphatic rings. The molecule has 118 valence electrons. The van der Waals surface area contributed by atoms with Crippen LogP contribution in [0.2, 0.25) is 5.02 Å². The molecule has 1 aromatic rings. The molecule has 0 radical (unpaired) electrons. The van der Waals surface area contributed by atoms with Gasteiger partial charge in [0.15, 0.2) is 5.75 Å². The molecule has 0 aliphatic heterocycles. The van der Waals surface area contributed by atoms with E-state index in [0.717, 1.165) is 6.07 Å². The van der Waals surface area contributed by atoms with Crippen molar-refractivity contribution in [3.05, 3.63) is 22.7 Å². The van der Waals surface area contributed by atoms with Gasteiger partial charge in [-0.15, -0.1) is 0 Å². The number of hydrogen-bond donors (Lipinski definition) is 1. The summed E-state index contributed by atoms with van der Waals surface area (Å²) in [6.45, 7) is 2.01. The topological polar surface area (TPSA) is 81.7 Å². The predicted molar refractivity (Wildman–Crippen MR) is 79.8 cm³/mol. The van der Waals surface area contributed by atoms with Crippen molar-refractivity contribution in [3.8, 4) is 5.75 Å². The molecule has 1 aromatic carbocycles. The molecule has 0 spiro atoms. The van der Waals surface area contributed by atoms with Gasteiger partial charge in [0.25, 0.3) is 15.0 Å². The first kappa shape index (κ1) is 18.0. The summed E-state index contributed by atoms with van der Waals surface area (Å²) in [4.78, 5) is 11.8. The van der Waals surface area contributed by atoms with Gasteiger partial charge in [0.1, 0.15) is 4.90 Å². The first-order valence-corrected chi connectivity index (χ1v) is 8.52. The van der Waals surface area contributed by atoms with Gasteiger partial charge < -0.3 is 14.8 Å². The van der Waals surface area contributed by atoms with Crippen LogP contribution < -0.4 is 10.1 Å². The Morgan fingerprint density at radius 3 is 2.48 bits per heavy atom. The van der Waals surface area contributed by atoms with E-state index in [1.807, 2.05) is 0 Å². The van der Waals surface area contributed by atoms with Crippen LogP contribution in [0.5, 0.6) is 5.75 Å². The standard InChI is InChI=1S/C12H15Cl2NO5S/c1-7(19-2)6-15-12(16)9-4-8(13)5-10(11(9)20-3)21(14,17)18/h4-5,7H,6H2,1-3H3,(H,15,16). The molecule has 9 heteroatoms. The summed E-state index contributed by atoms with van der Waals surface area (Å²) in [6, 6.07) is 2.43. The van der Waals surface area contributed by atoms with Gasteiger partial charge >= 0.3 is 0 Å². The van der Waals surface area contributed by atoms with Crippen LogP contribution in [0.25, 0.3) is 0 Å². The molecule has 0 saturated heterocycles. The zero-order valence-electron chi connectivity index (χ0n) is 11.6. The SMILES string of the molecule is COc1c(C(=O)NCC(C)OC)cc(Cl)cc1S(=O)(=O)Cl. The van der Waals surface area contributed by atoms with Crippen LogP contribution in [0.15, 0.2) is 17.0 Å². The van der Waals surface area contributed by atoms with Gasteiger partial charge in [0.05, 0.1) is 18.8 Å². The van der Waals surface area contributed by atoms with Gasteiger partial charge in [-0.05, 0) is 19.1 Å². The molecule has 0 fully saturated rings. The maximum Gasteiger partial charge on any atom is 0.265 e. The van der Waals surface area contributed by atoms with Crippen molar-refractivity contribution in [2.75, 3.05) is 20.8 Å². The van der Waals surface area contributed by atoms with E-state index >= 15 is 0 Å². The molecule has 1 N–H and O–H groups in total. The highest BCUT2D eigenvalue weighted by Gasteiger charge is 2.24. The number of hydrogen-bond acceptors (Lipinski definition) is 5. The van der Waals surface area contributed by atoms with Crippen LogP contribution in [-0.2, 0) is 13.8 Å². The first-order chi connectivity index (χ1) is 9.70. The van der Waals surface area contributed by atoms with E-state index < -0.39 is 15.0 Å². The van der Waals surface area contributed by atoms with E-state index in [4.69, 9.17) is 31.8 Å². The van der Waals surface area contributed by atoms with Crippen molar-refractivity contribution >= 4 is 37.2 Å². The third-order valence-electron chi connectivity index (χ3n) is 2.68. The van der Waals surface area contributed by atoms with Crippen molar-refractivity contribution in [1.82, 2.24) is 5.32 Å². The van der Waals surface area contributed by atoms with Crippen molar-refractivity contribution < 1.29 is 22.7 Å². The number of benzene rings is 1. The minimum Gasteiger partial charge on any atom is -0.494 e. The first-order valence-electron chi connectivity index (χ1n) is 5.84. The van der Waals surface area contributed by atoms with Crippen molar-refractivity contribution in [3.63, 3.8) is 0 Å². The summed E-state index contributed by atoms with van der Waals surface area (Å²) in [5.41, 5.74) is -0.0208. The molecule has 0 aliphatic carbocycles. The van der Waals surface area contributed by atoms with Gasteiger partial charge in [0, 0.05) is 29.4 Å². The molecule has 1 rings (SSSR count). The van der Waals surface area contributed by atoms with Gasteiger partial charge in [-0.25, -0.2) is 8.42 Å². The lowest BCUT2D eigenvalue weighted by molar-refractivity contribution is 0.0867. The number of halogens is 2. The average Bonchev–Trinajstić information content (AvgIpc) is 2.42. The summed E-state index contributed by atoms with van der Waals surface area (Å²) >= 11 is 5.84. The Labute approximate surface area is 132 Å². The second-order valence-electron chi connectivity index (χ2n) is 4.18. The third-order valence-corrected chi connectivity index (χ3v) is 4.23. The van der Waals surface area contributed by atoms with E-state index in [-0.39, 0.29) is 33.9 Å². The summed E-state index contributed by atoms with van der Waals surface area (Å²) in [5.74, 6) is -0.697. The normalized spacial score (nSPS) is 12.8. The number of rotatable bonds is 6. The van der Waals surface area contributed by atoms with Gasteiger partial charge in [0.2, 0.25) is 0 Å². The Morgan fingerprint density at radius 1 is 1.38 bits per heavy atom. The fraction of sp³-hybridized carbons (Fsp3) is 0.417. The molecule has 0 heterocycles. The molecule has 0 bridgehead atoms. The highest BCUT2D eigenvalue weighted by Crippen LogP contribution is 2.33. The molecular formula is C12H15Cl2NO5S. The Bertz CT molecular complexity index is 633. The second-order valence-corrected chi connectivity index (χ2v) is 7.15. The summed E-state index contributed by atoms with van der Waals surface area (Å²) in [5, 5.41) is 2.65. The number of ether oxygens (including phenoxy) is 2. The maximum atomic E-state index is 12.1. The summed E-state index contributed by atoms with van der Waals surface area (Å²) in [6.07, 6.45) is -0.199. The van der Waals surface area contributed by atoms with Crippen molar-refractivity contribution in [2.45, 2.75) is 17.9 Å². The van der Waals surface area contributed by atoms with Crippen LogP contribution >= 0.6 is 22.3 Å². The van der Waals surface area contributed by atoms with E-state index in [1.165, 1.54) is 20.3 Å². The van der Waals surface area contributed by atoms with Crippen molar-refractivity contribution in [2.24, 2.45) is 0 Å². The minimum absolute atomic E-state index is 0.0208. The lowest BCUT2D eigenvalue weighted by Crippen LogP contribution is -2.32. The molecule has 21 heavy (non-hydrogen) atoms. The van der Waals surface area contributed by atoms with Crippen LogP contribution in [0.4, 0.5) is 0 Å². The minimum atomic E-state index is -4.10. The third kappa shape index (κ3) is 4.74. The van der Waals surface area contributed by atoms with Gasteiger partial charge in [-0.1, -0.05) is 11.6 Å². The van der Waals surface area contributed by atoms with Gasteiger partial charge in [-0.3, -0.25) is 4.79 Å². The van der Waals surface area contributed by atoms with Crippen LogP contribution in [0, 0.1) is 0 Å². The van der Waals surface area contributed by atoms with Crippen LogP contribution in [0.1, 0.15) is 17.3 Å². The number of nitrogens with one attached hydrogen (secondary N) is 1. The second kappa shape index (κ2) is 7.31. The molecule has 6 nitrogen and oxygen atoms in total. The largest absolute Gasteiger partial charge is 0.494 e. The summed E-state index contributed by atoms with van der Waals surface area (Å²) < 4.78 is 33.1. The molecular weight excluding hydrogens is 341 g/mol. The van der Waals surface area contributed by atoms with E-state index in [0.29, 0.717) is 0 Å². The van der Waals surface area contributed by atoms with Gasteiger partial charge in [-0.2, -0.15) is 0 Å². The average molecular weight is 356 g/mol. The van der Waals surface area contributed by atoms with E-state index in [2.05, 4.69) is 5.32 Å². The fourth-order valence-corrected chi connectivity index (χ4v) is 2.85. The highest BCUT2D eigenvalue weighted by atomic mass is 35.7. The zero-order valence-corrected chi connectivity index (χ0v) is 14.0. The zero-order chi connectivity index (χ0) is 16.2.